The van der Waals surface area contributed by atoms with Crippen LogP contribution < -0.4 is 5.32 Å². The maximum Gasteiger partial charge on any atom is 0.453 e. The van der Waals surface area contributed by atoms with Gasteiger partial charge in [-0.05, 0) is 51.4 Å². The highest BCUT2D eigenvalue weighted by atomic mass is 19.4. The molecule has 0 bridgehead atoms. The number of hydrogen-bond donors (Lipinski definition) is 1. The van der Waals surface area contributed by atoms with Gasteiger partial charge in [0.1, 0.15) is 0 Å². The monoisotopic (exact) mass is 406 g/mol. The Morgan fingerprint density at radius 2 is 1.72 bits per heavy atom. The van der Waals surface area contributed by atoms with Crippen LogP contribution in [0.3, 0.4) is 0 Å². The molecule has 0 atom stereocenters. The second-order valence-electron chi connectivity index (χ2n) is 7.49. The van der Waals surface area contributed by atoms with Crippen molar-refractivity contribution < 1.29 is 13.2 Å². The molecule has 0 spiro atoms. The lowest BCUT2D eigenvalue weighted by atomic mass is 10.1. The number of alkyl halides is 3. The molecule has 1 N–H and O–H groups in total. The van der Waals surface area contributed by atoms with Crippen LogP contribution in [0.25, 0.3) is 5.65 Å². The molecule has 0 radical (unpaired) electrons. The minimum Gasteiger partial charge on any atom is -0.364 e. The van der Waals surface area contributed by atoms with E-state index in [0.29, 0.717) is 24.0 Å². The molecule has 0 saturated carbocycles. The molecule has 0 aliphatic carbocycles. The molecule has 0 amide bonds. The van der Waals surface area contributed by atoms with E-state index in [-0.39, 0.29) is 5.65 Å². The molecule has 0 fully saturated rings. The molecule has 156 valence electrons. The van der Waals surface area contributed by atoms with Gasteiger partial charge in [0.2, 0.25) is 0 Å². The number of halogens is 3. The Balaban J connectivity index is 1.91. The summed E-state index contributed by atoms with van der Waals surface area (Å²) >= 11 is 0. The fraction of sp³-hybridized carbons (Fsp3) is 0.450. The van der Waals surface area contributed by atoms with Gasteiger partial charge in [-0.2, -0.15) is 17.7 Å². The van der Waals surface area contributed by atoms with Crippen LogP contribution in [0.2, 0.25) is 0 Å². The standard InChI is InChI=1S/C20H25F3N6/c1-12(2)28(5)11-16-9-7-6-8-15(16)10-24-17-13(3)14(4)18-25-26-19(20(21,22)23)29(18)27-17/h6-9,12H,10-11H2,1-5H3,(H,24,27). The largest absolute Gasteiger partial charge is 0.453 e. The zero-order chi connectivity index (χ0) is 21.3. The lowest BCUT2D eigenvalue weighted by Crippen LogP contribution is -2.26. The Kier molecular flexibility index (Phi) is 5.79. The minimum absolute atomic E-state index is 0.110. The van der Waals surface area contributed by atoms with Crippen molar-refractivity contribution in [2.24, 2.45) is 0 Å². The number of benzene rings is 1. The van der Waals surface area contributed by atoms with Crippen molar-refractivity contribution >= 4 is 11.5 Å². The predicted octanol–water partition coefficient (Wildman–Crippen LogP) is 4.21. The number of aryl methyl sites for hydroxylation is 1. The van der Waals surface area contributed by atoms with Crippen molar-refractivity contribution in [2.75, 3.05) is 12.4 Å². The lowest BCUT2D eigenvalue weighted by molar-refractivity contribution is -0.146. The number of nitrogens with zero attached hydrogens (tertiary/aromatic N) is 5. The zero-order valence-corrected chi connectivity index (χ0v) is 17.2. The summed E-state index contributed by atoms with van der Waals surface area (Å²) in [5.74, 6) is -0.745. The van der Waals surface area contributed by atoms with Gasteiger partial charge in [0.25, 0.3) is 5.82 Å². The second kappa shape index (κ2) is 7.98. The molecule has 1 aromatic carbocycles. The fourth-order valence-electron chi connectivity index (χ4n) is 2.99. The summed E-state index contributed by atoms with van der Waals surface area (Å²) in [5.41, 5.74) is 3.69. The normalized spacial score (nSPS) is 12.3. The van der Waals surface area contributed by atoms with Gasteiger partial charge in [-0.15, -0.1) is 15.3 Å². The van der Waals surface area contributed by atoms with E-state index in [0.717, 1.165) is 27.8 Å². The third kappa shape index (κ3) is 4.34. The summed E-state index contributed by atoms with van der Waals surface area (Å²) in [6.45, 7) is 9.02. The van der Waals surface area contributed by atoms with Crippen LogP contribution in [0.1, 0.15) is 41.9 Å². The van der Waals surface area contributed by atoms with Gasteiger partial charge < -0.3 is 5.32 Å². The number of rotatable bonds is 6. The molecular weight excluding hydrogens is 381 g/mol. The van der Waals surface area contributed by atoms with E-state index >= 15 is 0 Å². The molecule has 3 aromatic rings. The fourth-order valence-corrected chi connectivity index (χ4v) is 2.99. The summed E-state index contributed by atoms with van der Waals surface area (Å²) in [5, 5.41) is 14.3. The van der Waals surface area contributed by atoms with Crippen LogP contribution in [0.5, 0.6) is 0 Å². The molecule has 0 aliphatic rings. The minimum atomic E-state index is -4.63. The smallest absolute Gasteiger partial charge is 0.364 e. The van der Waals surface area contributed by atoms with Gasteiger partial charge in [0.05, 0.1) is 0 Å². The molecular formula is C20H25F3N6. The van der Waals surface area contributed by atoms with Crippen molar-refractivity contribution in [1.29, 1.82) is 0 Å². The van der Waals surface area contributed by atoms with Crippen molar-refractivity contribution in [3.05, 3.63) is 52.3 Å². The van der Waals surface area contributed by atoms with Crippen molar-refractivity contribution in [2.45, 2.75) is 53.0 Å². The third-order valence-corrected chi connectivity index (χ3v) is 5.21. The molecule has 0 saturated heterocycles. The van der Waals surface area contributed by atoms with Crippen LogP contribution in [-0.4, -0.2) is 37.8 Å². The number of aromatic nitrogens is 4. The van der Waals surface area contributed by atoms with Crippen molar-refractivity contribution in [3.63, 3.8) is 0 Å². The van der Waals surface area contributed by atoms with Crippen LogP contribution in [0.15, 0.2) is 24.3 Å². The number of fused-ring (bicyclic) bond motifs is 1. The summed E-state index contributed by atoms with van der Waals surface area (Å²) in [6.07, 6.45) is -4.63. The highest BCUT2D eigenvalue weighted by molar-refractivity contribution is 5.58. The second-order valence-corrected chi connectivity index (χ2v) is 7.49. The van der Waals surface area contributed by atoms with Gasteiger partial charge in [0, 0.05) is 24.7 Å². The third-order valence-electron chi connectivity index (χ3n) is 5.21. The SMILES string of the molecule is Cc1c(NCc2ccccc2CN(C)C(C)C)nn2c(C(F)(F)F)nnc2c1C. The molecule has 3 rings (SSSR count). The van der Waals surface area contributed by atoms with E-state index in [2.05, 4.69) is 52.5 Å². The Morgan fingerprint density at radius 1 is 1.07 bits per heavy atom. The number of hydrogen-bond acceptors (Lipinski definition) is 5. The van der Waals surface area contributed by atoms with E-state index in [1.165, 1.54) is 0 Å². The first kappa shape index (κ1) is 21.0. The van der Waals surface area contributed by atoms with Crippen LogP contribution >= 0.6 is 0 Å². The van der Waals surface area contributed by atoms with Crippen molar-refractivity contribution in [3.8, 4) is 0 Å². The molecule has 0 aliphatic heterocycles. The molecule has 2 heterocycles. The quantitative estimate of drug-likeness (QED) is 0.665. The lowest BCUT2D eigenvalue weighted by Gasteiger charge is -2.23. The first-order chi connectivity index (χ1) is 13.6. The van der Waals surface area contributed by atoms with Gasteiger partial charge in [0.15, 0.2) is 11.5 Å². The Labute approximate surface area is 167 Å². The Hall–Kier alpha value is -2.68. The summed E-state index contributed by atoms with van der Waals surface area (Å²) in [6, 6.07) is 8.41. The highest BCUT2D eigenvalue weighted by Gasteiger charge is 2.38. The number of anilines is 1. The van der Waals surface area contributed by atoms with Crippen LogP contribution in [-0.2, 0) is 19.3 Å². The van der Waals surface area contributed by atoms with Gasteiger partial charge in [-0.3, -0.25) is 4.90 Å². The predicted molar refractivity (Wildman–Crippen MR) is 106 cm³/mol. The highest BCUT2D eigenvalue weighted by Crippen LogP contribution is 2.29. The van der Waals surface area contributed by atoms with E-state index in [1.54, 1.807) is 6.92 Å². The average molecular weight is 406 g/mol. The summed E-state index contributed by atoms with van der Waals surface area (Å²) in [4.78, 5) is 2.23. The summed E-state index contributed by atoms with van der Waals surface area (Å²) in [7, 11) is 2.06. The van der Waals surface area contributed by atoms with Gasteiger partial charge in [-0.1, -0.05) is 24.3 Å². The average Bonchev–Trinajstić information content (AvgIpc) is 3.08. The Bertz CT molecular complexity index is 1010. The van der Waals surface area contributed by atoms with Gasteiger partial charge in [-0.25, -0.2) is 0 Å². The molecule has 0 unspecified atom stereocenters. The van der Waals surface area contributed by atoms with E-state index in [1.807, 2.05) is 25.1 Å². The van der Waals surface area contributed by atoms with E-state index in [9.17, 15) is 13.2 Å². The molecule has 6 nitrogen and oxygen atoms in total. The zero-order valence-electron chi connectivity index (χ0n) is 17.2. The van der Waals surface area contributed by atoms with E-state index in [4.69, 9.17) is 0 Å². The van der Waals surface area contributed by atoms with Gasteiger partial charge >= 0.3 is 6.18 Å². The summed E-state index contributed by atoms with van der Waals surface area (Å²) < 4.78 is 40.4. The number of nitrogens with one attached hydrogen (secondary N) is 1. The first-order valence-corrected chi connectivity index (χ1v) is 9.40. The van der Waals surface area contributed by atoms with E-state index < -0.39 is 12.0 Å². The molecule has 2 aromatic heterocycles. The first-order valence-electron chi connectivity index (χ1n) is 9.40. The molecule has 9 heteroatoms. The maximum atomic E-state index is 13.2. The van der Waals surface area contributed by atoms with Crippen LogP contribution in [0.4, 0.5) is 19.0 Å². The molecule has 29 heavy (non-hydrogen) atoms. The topological polar surface area (TPSA) is 58.4 Å². The van der Waals surface area contributed by atoms with Crippen LogP contribution in [0, 0.1) is 13.8 Å². The van der Waals surface area contributed by atoms with Crippen molar-refractivity contribution in [1.82, 2.24) is 24.7 Å². The maximum absolute atomic E-state index is 13.2. The Morgan fingerprint density at radius 3 is 2.34 bits per heavy atom.